The standard InChI is InChI=1S/C15H19FN4O2.ClH/c1-9(10-4-6-17-7-5-10)18-13-8-11(2-3-12(13)16)14-19-20-15(21)22-14;/h2-3,8-10,17-18H,4-7H2,1H3,(H,20,21);1H/t9-;/m0./s1. The first-order chi connectivity index (χ1) is 10.6. The van der Waals surface area contributed by atoms with Crippen LogP contribution in [0.3, 0.4) is 0 Å². The average molecular weight is 343 g/mol. The highest BCUT2D eigenvalue weighted by atomic mass is 35.5. The predicted molar refractivity (Wildman–Crippen MR) is 88.4 cm³/mol. The summed E-state index contributed by atoms with van der Waals surface area (Å²) in [5.74, 6) is -0.297. The van der Waals surface area contributed by atoms with Gasteiger partial charge in [0, 0.05) is 11.6 Å². The Morgan fingerprint density at radius 3 is 2.78 bits per heavy atom. The lowest BCUT2D eigenvalue weighted by atomic mass is 9.91. The third-order valence-corrected chi connectivity index (χ3v) is 4.13. The maximum Gasteiger partial charge on any atom is 0.434 e. The molecule has 0 amide bonds. The van der Waals surface area contributed by atoms with Crippen molar-refractivity contribution < 1.29 is 8.81 Å². The molecule has 0 spiro atoms. The molecule has 0 bridgehead atoms. The maximum atomic E-state index is 14.0. The molecule has 126 valence electrons. The molecule has 1 atom stereocenters. The van der Waals surface area contributed by atoms with Gasteiger partial charge < -0.3 is 15.1 Å². The van der Waals surface area contributed by atoms with Gasteiger partial charge in [0.2, 0.25) is 5.89 Å². The van der Waals surface area contributed by atoms with Gasteiger partial charge in [-0.3, -0.25) is 0 Å². The van der Waals surface area contributed by atoms with Gasteiger partial charge in [0.25, 0.3) is 0 Å². The second kappa shape index (κ2) is 7.61. The van der Waals surface area contributed by atoms with Gasteiger partial charge in [-0.1, -0.05) is 0 Å². The first-order valence-corrected chi connectivity index (χ1v) is 7.46. The molecular formula is C15H20ClFN4O2. The molecule has 1 aromatic heterocycles. The second-order valence-electron chi connectivity index (χ2n) is 5.63. The van der Waals surface area contributed by atoms with Gasteiger partial charge in [-0.15, -0.1) is 17.5 Å². The number of H-pyrrole nitrogens is 1. The number of anilines is 1. The molecule has 1 saturated heterocycles. The fourth-order valence-corrected chi connectivity index (χ4v) is 2.83. The molecule has 0 aliphatic carbocycles. The quantitative estimate of drug-likeness (QED) is 0.794. The van der Waals surface area contributed by atoms with Crippen LogP contribution in [-0.2, 0) is 0 Å². The van der Waals surface area contributed by atoms with E-state index in [1.54, 1.807) is 6.07 Å². The van der Waals surface area contributed by atoms with E-state index in [-0.39, 0.29) is 30.2 Å². The lowest BCUT2D eigenvalue weighted by Gasteiger charge is -2.29. The summed E-state index contributed by atoms with van der Waals surface area (Å²) in [5.41, 5.74) is 0.953. The van der Waals surface area contributed by atoms with Gasteiger partial charge in [-0.05, 0) is 57.0 Å². The normalized spacial score (nSPS) is 16.6. The molecule has 2 heterocycles. The van der Waals surface area contributed by atoms with Crippen LogP contribution in [0.15, 0.2) is 27.4 Å². The Kier molecular flexibility index (Phi) is 5.79. The van der Waals surface area contributed by atoms with Gasteiger partial charge in [-0.25, -0.2) is 14.3 Å². The largest absolute Gasteiger partial charge is 0.434 e. The van der Waals surface area contributed by atoms with Crippen molar-refractivity contribution in [3.8, 4) is 11.5 Å². The van der Waals surface area contributed by atoms with E-state index >= 15 is 0 Å². The molecule has 8 heteroatoms. The smallest absolute Gasteiger partial charge is 0.388 e. The van der Waals surface area contributed by atoms with Crippen LogP contribution in [0.2, 0.25) is 0 Å². The van der Waals surface area contributed by atoms with Crippen molar-refractivity contribution in [2.75, 3.05) is 18.4 Å². The van der Waals surface area contributed by atoms with Gasteiger partial charge in [0.15, 0.2) is 0 Å². The highest BCUT2D eigenvalue weighted by Gasteiger charge is 2.21. The lowest BCUT2D eigenvalue weighted by molar-refractivity contribution is 0.342. The van der Waals surface area contributed by atoms with E-state index in [0.717, 1.165) is 25.9 Å². The van der Waals surface area contributed by atoms with Crippen LogP contribution >= 0.6 is 12.4 Å². The summed E-state index contributed by atoms with van der Waals surface area (Å²) in [7, 11) is 0. The molecule has 0 unspecified atom stereocenters. The summed E-state index contributed by atoms with van der Waals surface area (Å²) in [6, 6.07) is 4.67. The van der Waals surface area contributed by atoms with E-state index in [2.05, 4.69) is 27.8 Å². The minimum Gasteiger partial charge on any atom is -0.388 e. The van der Waals surface area contributed by atoms with Gasteiger partial charge in [0.1, 0.15) is 5.82 Å². The number of hydrogen-bond acceptors (Lipinski definition) is 5. The van der Waals surface area contributed by atoms with Crippen molar-refractivity contribution >= 4 is 18.1 Å². The van der Waals surface area contributed by atoms with E-state index in [1.807, 2.05) is 0 Å². The first-order valence-electron chi connectivity index (χ1n) is 7.46. The Balaban J connectivity index is 0.00000192. The summed E-state index contributed by atoms with van der Waals surface area (Å²) in [6.45, 7) is 4.06. The minimum atomic E-state index is -0.628. The summed E-state index contributed by atoms with van der Waals surface area (Å²) in [6.07, 6.45) is 2.15. The molecule has 3 N–H and O–H groups in total. The molecule has 0 radical (unpaired) electrons. The van der Waals surface area contributed by atoms with Crippen LogP contribution in [0.5, 0.6) is 0 Å². The Hall–Kier alpha value is -1.86. The van der Waals surface area contributed by atoms with E-state index in [0.29, 0.717) is 17.2 Å². The number of benzene rings is 1. The summed E-state index contributed by atoms with van der Waals surface area (Å²) in [4.78, 5) is 11.0. The summed E-state index contributed by atoms with van der Waals surface area (Å²) >= 11 is 0. The Labute approximate surface area is 139 Å². The van der Waals surface area contributed by atoms with Crippen molar-refractivity contribution in [2.24, 2.45) is 5.92 Å². The van der Waals surface area contributed by atoms with Crippen LogP contribution in [0.25, 0.3) is 11.5 Å². The molecule has 0 saturated carbocycles. The number of aromatic amines is 1. The Morgan fingerprint density at radius 1 is 1.39 bits per heavy atom. The number of halogens is 2. The van der Waals surface area contributed by atoms with Gasteiger partial charge in [0.05, 0.1) is 5.69 Å². The molecule has 1 aliphatic heterocycles. The average Bonchev–Trinajstić information content (AvgIpc) is 2.97. The van der Waals surface area contributed by atoms with Crippen molar-refractivity contribution in [1.29, 1.82) is 0 Å². The lowest BCUT2D eigenvalue weighted by Crippen LogP contribution is -2.36. The minimum absolute atomic E-state index is 0. The summed E-state index contributed by atoms with van der Waals surface area (Å²) < 4.78 is 18.9. The summed E-state index contributed by atoms with van der Waals surface area (Å²) in [5, 5.41) is 12.5. The number of hydrogen-bond donors (Lipinski definition) is 3. The number of nitrogens with zero attached hydrogens (tertiary/aromatic N) is 1. The number of rotatable bonds is 4. The van der Waals surface area contributed by atoms with E-state index in [9.17, 15) is 9.18 Å². The predicted octanol–water partition coefficient (Wildman–Crippen LogP) is 2.39. The Bertz CT molecular complexity index is 697. The fourth-order valence-electron chi connectivity index (χ4n) is 2.83. The topological polar surface area (TPSA) is 83.0 Å². The zero-order chi connectivity index (χ0) is 15.5. The fraction of sp³-hybridized carbons (Fsp3) is 0.467. The van der Waals surface area contributed by atoms with Crippen LogP contribution in [-0.4, -0.2) is 29.3 Å². The maximum absolute atomic E-state index is 14.0. The molecular weight excluding hydrogens is 323 g/mol. The third kappa shape index (κ3) is 4.11. The molecule has 2 aromatic rings. The first kappa shape index (κ1) is 17.5. The monoisotopic (exact) mass is 342 g/mol. The molecule has 23 heavy (non-hydrogen) atoms. The Morgan fingerprint density at radius 2 is 2.13 bits per heavy atom. The van der Waals surface area contributed by atoms with E-state index < -0.39 is 5.76 Å². The molecule has 1 fully saturated rings. The van der Waals surface area contributed by atoms with Crippen molar-refractivity contribution in [3.63, 3.8) is 0 Å². The van der Waals surface area contributed by atoms with Crippen LogP contribution < -0.4 is 16.4 Å². The molecule has 3 rings (SSSR count). The van der Waals surface area contributed by atoms with Gasteiger partial charge >= 0.3 is 5.76 Å². The molecule has 1 aromatic carbocycles. The van der Waals surface area contributed by atoms with Crippen LogP contribution in [0.4, 0.5) is 10.1 Å². The van der Waals surface area contributed by atoms with Gasteiger partial charge in [-0.2, -0.15) is 0 Å². The van der Waals surface area contributed by atoms with Crippen LogP contribution in [0.1, 0.15) is 19.8 Å². The van der Waals surface area contributed by atoms with E-state index in [1.165, 1.54) is 12.1 Å². The number of nitrogens with one attached hydrogen (secondary N) is 3. The van der Waals surface area contributed by atoms with Crippen molar-refractivity contribution in [3.05, 3.63) is 34.6 Å². The zero-order valence-electron chi connectivity index (χ0n) is 12.8. The molecule has 1 aliphatic rings. The SMILES string of the molecule is C[C@H](Nc1cc(-c2n[nH]c(=O)o2)ccc1F)C1CCNCC1.Cl. The number of aromatic nitrogens is 2. The van der Waals surface area contributed by atoms with Crippen LogP contribution in [0, 0.1) is 11.7 Å². The second-order valence-corrected chi connectivity index (χ2v) is 5.63. The zero-order valence-corrected chi connectivity index (χ0v) is 13.6. The van der Waals surface area contributed by atoms with E-state index in [4.69, 9.17) is 4.42 Å². The highest BCUT2D eigenvalue weighted by Crippen LogP contribution is 2.26. The molecule has 6 nitrogen and oxygen atoms in total. The van der Waals surface area contributed by atoms with Crippen molar-refractivity contribution in [1.82, 2.24) is 15.5 Å². The third-order valence-electron chi connectivity index (χ3n) is 4.13. The highest BCUT2D eigenvalue weighted by molar-refractivity contribution is 5.85. The van der Waals surface area contributed by atoms with Crippen molar-refractivity contribution in [2.45, 2.75) is 25.8 Å². The number of piperidine rings is 1.